The molecule has 1 aromatic carbocycles. The van der Waals surface area contributed by atoms with Crippen LogP contribution in [0, 0.1) is 0 Å². The molecule has 1 aromatic rings. The van der Waals surface area contributed by atoms with Crippen LogP contribution < -0.4 is 5.73 Å². The SMILES string of the molecule is CCC(F)COC(=O)C(N)(CI)C(=O)OCc1ccccc1. The Bertz CT molecular complexity index is 500. The predicted molar refractivity (Wildman–Crippen MR) is 88.2 cm³/mol. The maximum Gasteiger partial charge on any atom is 0.339 e. The molecule has 122 valence electrons. The molecule has 0 spiro atoms. The predicted octanol–water partition coefficient (Wildman–Crippen LogP) is 2.15. The molecule has 0 aliphatic carbocycles. The van der Waals surface area contributed by atoms with Gasteiger partial charge in [0, 0.05) is 4.43 Å². The Balaban J connectivity index is 2.62. The van der Waals surface area contributed by atoms with Gasteiger partial charge in [0.25, 0.3) is 0 Å². The van der Waals surface area contributed by atoms with Gasteiger partial charge >= 0.3 is 11.9 Å². The van der Waals surface area contributed by atoms with E-state index in [2.05, 4.69) is 0 Å². The number of benzene rings is 1. The molecule has 22 heavy (non-hydrogen) atoms. The molecule has 0 heterocycles. The van der Waals surface area contributed by atoms with Gasteiger partial charge in [-0.1, -0.05) is 59.8 Å². The monoisotopic (exact) mass is 423 g/mol. The van der Waals surface area contributed by atoms with Gasteiger partial charge in [0.2, 0.25) is 5.54 Å². The normalized spacial score (nSPS) is 14.7. The van der Waals surface area contributed by atoms with Crippen LogP contribution in [-0.4, -0.2) is 34.7 Å². The molecule has 0 aromatic heterocycles. The van der Waals surface area contributed by atoms with Crippen LogP contribution in [-0.2, 0) is 25.7 Å². The number of rotatable bonds is 8. The van der Waals surface area contributed by atoms with Crippen LogP contribution in [0.2, 0.25) is 0 Å². The van der Waals surface area contributed by atoms with E-state index in [-0.39, 0.29) is 17.5 Å². The number of alkyl halides is 2. The fourth-order valence-corrected chi connectivity index (χ4v) is 2.08. The molecule has 0 bridgehead atoms. The van der Waals surface area contributed by atoms with Crippen LogP contribution in [0.5, 0.6) is 0 Å². The molecule has 2 unspecified atom stereocenters. The molecule has 5 nitrogen and oxygen atoms in total. The lowest BCUT2D eigenvalue weighted by atomic mass is 10.1. The van der Waals surface area contributed by atoms with Crippen molar-refractivity contribution in [2.24, 2.45) is 5.73 Å². The Morgan fingerprint density at radius 1 is 1.27 bits per heavy atom. The molecule has 0 saturated carbocycles. The summed E-state index contributed by atoms with van der Waals surface area (Å²) in [6, 6.07) is 9.00. The first-order valence-electron chi connectivity index (χ1n) is 6.81. The van der Waals surface area contributed by atoms with E-state index in [1.54, 1.807) is 53.8 Å². The van der Waals surface area contributed by atoms with Crippen LogP contribution in [0.3, 0.4) is 0 Å². The van der Waals surface area contributed by atoms with E-state index in [1.165, 1.54) is 0 Å². The van der Waals surface area contributed by atoms with Crippen molar-refractivity contribution in [3.05, 3.63) is 35.9 Å². The summed E-state index contributed by atoms with van der Waals surface area (Å²) in [4.78, 5) is 24.0. The number of hydrogen-bond acceptors (Lipinski definition) is 5. The second kappa shape index (κ2) is 9.04. The molecule has 0 fully saturated rings. The van der Waals surface area contributed by atoms with Gasteiger partial charge in [-0.25, -0.2) is 14.0 Å². The zero-order valence-electron chi connectivity index (χ0n) is 12.3. The summed E-state index contributed by atoms with van der Waals surface area (Å²) in [6.07, 6.45) is -1.06. The minimum absolute atomic E-state index is 0.00321. The van der Waals surface area contributed by atoms with E-state index in [4.69, 9.17) is 15.2 Å². The quantitative estimate of drug-likeness (QED) is 0.300. The van der Waals surface area contributed by atoms with Gasteiger partial charge in [0.15, 0.2) is 0 Å². The summed E-state index contributed by atoms with van der Waals surface area (Å²) >= 11 is 1.80. The summed E-state index contributed by atoms with van der Waals surface area (Å²) in [7, 11) is 0. The van der Waals surface area contributed by atoms with E-state index < -0.39 is 30.3 Å². The van der Waals surface area contributed by atoms with Gasteiger partial charge in [-0.2, -0.15) is 0 Å². The summed E-state index contributed by atoms with van der Waals surface area (Å²) < 4.78 is 22.9. The molecule has 2 atom stereocenters. The Labute approximate surface area is 142 Å². The van der Waals surface area contributed by atoms with Crippen LogP contribution >= 0.6 is 22.6 Å². The van der Waals surface area contributed by atoms with E-state index >= 15 is 0 Å². The minimum atomic E-state index is -1.93. The van der Waals surface area contributed by atoms with Crippen molar-refractivity contribution in [3.8, 4) is 0 Å². The van der Waals surface area contributed by atoms with Crippen molar-refractivity contribution < 1.29 is 23.5 Å². The van der Waals surface area contributed by atoms with Crippen molar-refractivity contribution in [1.82, 2.24) is 0 Å². The first kappa shape index (κ1) is 18.8. The third-order valence-corrected chi connectivity index (χ3v) is 4.19. The highest BCUT2D eigenvalue weighted by Crippen LogP contribution is 2.14. The van der Waals surface area contributed by atoms with Crippen LogP contribution in [0.1, 0.15) is 18.9 Å². The van der Waals surface area contributed by atoms with Crippen molar-refractivity contribution in [2.45, 2.75) is 31.7 Å². The average Bonchev–Trinajstić information content (AvgIpc) is 2.57. The van der Waals surface area contributed by atoms with Crippen molar-refractivity contribution >= 4 is 34.5 Å². The zero-order chi connectivity index (χ0) is 16.6. The molecule has 0 radical (unpaired) electrons. The highest BCUT2D eigenvalue weighted by atomic mass is 127. The first-order valence-corrected chi connectivity index (χ1v) is 8.33. The Kier molecular flexibility index (Phi) is 7.74. The lowest BCUT2D eigenvalue weighted by Crippen LogP contribution is -2.58. The number of esters is 2. The largest absolute Gasteiger partial charge is 0.461 e. The van der Waals surface area contributed by atoms with Crippen molar-refractivity contribution in [2.75, 3.05) is 11.0 Å². The van der Waals surface area contributed by atoms with Crippen LogP contribution in [0.4, 0.5) is 4.39 Å². The smallest absolute Gasteiger partial charge is 0.339 e. The Hall–Kier alpha value is -1.22. The lowest BCUT2D eigenvalue weighted by Gasteiger charge is -2.23. The summed E-state index contributed by atoms with van der Waals surface area (Å²) in [5, 5.41) is 0. The van der Waals surface area contributed by atoms with E-state index in [0.29, 0.717) is 0 Å². The second-order valence-corrected chi connectivity index (χ2v) is 5.53. The third-order valence-electron chi connectivity index (χ3n) is 2.99. The van der Waals surface area contributed by atoms with E-state index in [9.17, 15) is 14.0 Å². The topological polar surface area (TPSA) is 78.6 Å². The summed E-state index contributed by atoms with van der Waals surface area (Å²) in [5.41, 5.74) is 4.64. The van der Waals surface area contributed by atoms with Crippen LogP contribution in [0.15, 0.2) is 30.3 Å². The number of ether oxygens (including phenoxy) is 2. The van der Waals surface area contributed by atoms with E-state index in [0.717, 1.165) is 5.56 Å². The molecule has 0 aliphatic rings. The Morgan fingerprint density at radius 3 is 2.41 bits per heavy atom. The molecule has 2 N–H and O–H groups in total. The molecule has 0 saturated heterocycles. The lowest BCUT2D eigenvalue weighted by molar-refractivity contribution is -0.164. The van der Waals surface area contributed by atoms with Gasteiger partial charge < -0.3 is 15.2 Å². The van der Waals surface area contributed by atoms with Gasteiger partial charge in [-0.3, -0.25) is 0 Å². The van der Waals surface area contributed by atoms with Gasteiger partial charge in [-0.15, -0.1) is 0 Å². The van der Waals surface area contributed by atoms with Crippen LogP contribution in [0.25, 0.3) is 0 Å². The van der Waals surface area contributed by atoms with Gasteiger partial charge in [-0.05, 0) is 12.0 Å². The fourth-order valence-electron chi connectivity index (χ4n) is 1.46. The Morgan fingerprint density at radius 2 is 1.86 bits per heavy atom. The van der Waals surface area contributed by atoms with Gasteiger partial charge in [0.1, 0.15) is 19.4 Å². The molecular weight excluding hydrogens is 404 g/mol. The highest BCUT2D eigenvalue weighted by molar-refractivity contribution is 14.1. The second-order valence-electron chi connectivity index (χ2n) is 4.77. The summed E-state index contributed by atoms with van der Waals surface area (Å²) in [5.74, 6) is -1.86. The highest BCUT2D eigenvalue weighted by Gasteiger charge is 2.44. The summed E-state index contributed by atoms with van der Waals surface area (Å²) in [6.45, 7) is 1.21. The van der Waals surface area contributed by atoms with Crippen molar-refractivity contribution in [1.29, 1.82) is 0 Å². The fraction of sp³-hybridized carbons (Fsp3) is 0.467. The third kappa shape index (κ3) is 5.20. The zero-order valence-corrected chi connectivity index (χ0v) is 14.4. The molecule has 1 rings (SSSR count). The molecular formula is C15H19FINO4. The molecule has 0 amide bonds. The number of hydrogen-bond donors (Lipinski definition) is 1. The molecule has 0 aliphatic heterocycles. The number of carbonyl (C=O) groups is 2. The standard InChI is InChI=1S/C15H19FINO4/c1-2-12(16)9-22-14(20)15(18,10-17)13(19)21-8-11-6-4-3-5-7-11/h3-7,12H,2,8-10,18H2,1H3. The maximum absolute atomic E-state index is 13.1. The number of nitrogens with two attached hydrogens (primary N) is 1. The van der Waals surface area contributed by atoms with E-state index in [1.807, 2.05) is 6.07 Å². The number of carbonyl (C=O) groups excluding carboxylic acids is 2. The minimum Gasteiger partial charge on any atom is -0.461 e. The molecule has 7 heteroatoms. The maximum atomic E-state index is 13.1. The first-order chi connectivity index (χ1) is 10.4. The number of halogens is 2. The van der Waals surface area contributed by atoms with Gasteiger partial charge in [0.05, 0.1) is 0 Å². The van der Waals surface area contributed by atoms with Crippen molar-refractivity contribution in [3.63, 3.8) is 0 Å². The average molecular weight is 423 g/mol.